The molecule has 6 heteroatoms. The minimum atomic E-state index is -0.763. The molecule has 5 nitrogen and oxygen atoms in total. The van der Waals surface area contributed by atoms with Crippen LogP contribution >= 0.6 is 11.6 Å². The summed E-state index contributed by atoms with van der Waals surface area (Å²) in [5, 5.41) is 18.1. The molecule has 3 rings (SSSR count). The summed E-state index contributed by atoms with van der Waals surface area (Å²) in [5.41, 5.74) is 0.897. The van der Waals surface area contributed by atoms with E-state index in [4.69, 9.17) is 16.7 Å². The first-order valence-electron chi connectivity index (χ1n) is 6.06. The smallest absolute Gasteiger partial charge is 0.308 e. The van der Waals surface area contributed by atoms with E-state index in [2.05, 4.69) is 10.2 Å². The van der Waals surface area contributed by atoms with E-state index in [9.17, 15) is 4.79 Å². The number of fused-ring (bicyclic) bond motifs is 1. The molecule has 0 aliphatic carbocycles. The van der Waals surface area contributed by atoms with Crippen molar-refractivity contribution in [3.05, 3.63) is 35.1 Å². The number of carboxylic acid groups (broad SMARTS) is 1. The van der Waals surface area contributed by atoms with Crippen LogP contribution in [-0.4, -0.2) is 25.8 Å². The number of carboxylic acids is 1. The van der Waals surface area contributed by atoms with E-state index in [1.165, 1.54) is 0 Å². The summed E-state index contributed by atoms with van der Waals surface area (Å²) in [4.78, 5) is 11.1. The molecule has 0 saturated heterocycles. The Labute approximate surface area is 114 Å². The maximum Gasteiger partial charge on any atom is 0.308 e. The lowest BCUT2D eigenvalue weighted by Crippen LogP contribution is -2.27. The van der Waals surface area contributed by atoms with E-state index in [0.717, 1.165) is 11.4 Å². The highest BCUT2D eigenvalue weighted by atomic mass is 35.5. The van der Waals surface area contributed by atoms with Gasteiger partial charge in [0.2, 0.25) is 0 Å². The van der Waals surface area contributed by atoms with Gasteiger partial charge in [0.05, 0.1) is 5.92 Å². The van der Waals surface area contributed by atoms with Gasteiger partial charge in [-0.25, -0.2) is 0 Å². The molecule has 0 saturated carbocycles. The minimum Gasteiger partial charge on any atom is -0.481 e. The van der Waals surface area contributed by atoms with E-state index < -0.39 is 5.97 Å². The average Bonchev–Trinajstić information content (AvgIpc) is 2.82. The molecule has 1 unspecified atom stereocenters. The lowest BCUT2D eigenvalue weighted by molar-refractivity contribution is -0.142. The largest absolute Gasteiger partial charge is 0.481 e. The molecule has 2 aromatic rings. The normalized spacial score (nSPS) is 18.1. The molecule has 0 spiro atoms. The number of aliphatic carboxylic acids is 1. The number of hydrogen-bond acceptors (Lipinski definition) is 3. The molecule has 2 heterocycles. The van der Waals surface area contributed by atoms with E-state index >= 15 is 0 Å². The van der Waals surface area contributed by atoms with E-state index in [0.29, 0.717) is 30.2 Å². The van der Waals surface area contributed by atoms with Crippen LogP contribution in [0.4, 0.5) is 0 Å². The summed E-state index contributed by atoms with van der Waals surface area (Å²) in [5.74, 6) is 0.427. The Bertz CT molecular complexity index is 621. The number of halogens is 1. The lowest BCUT2D eigenvalue weighted by Gasteiger charge is -2.21. The van der Waals surface area contributed by atoms with Gasteiger partial charge in [0.1, 0.15) is 5.82 Å². The third kappa shape index (κ3) is 2.21. The first-order chi connectivity index (χ1) is 9.15. The Hall–Kier alpha value is -1.88. The number of nitrogens with zero attached hydrogens (tertiary/aromatic N) is 3. The second kappa shape index (κ2) is 4.66. The fourth-order valence-electron chi connectivity index (χ4n) is 2.34. The molecular weight excluding hydrogens is 266 g/mol. The second-order valence-corrected chi connectivity index (χ2v) is 5.07. The van der Waals surface area contributed by atoms with Gasteiger partial charge in [0.15, 0.2) is 5.82 Å². The average molecular weight is 278 g/mol. The second-order valence-electron chi connectivity index (χ2n) is 4.63. The number of aryl methyl sites for hydroxylation is 1. The quantitative estimate of drug-likeness (QED) is 0.914. The van der Waals surface area contributed by atoms with Gasteiger partial charge in [-0.3, -0.25) is 4.79 Å². The van der Waals surface area contributed by atoms with Crippen molar-refractivity contribution < 1.29 is 9.90 Å². The van der Waals surface area contributed by atoms with Crippen molar-refractivity contribution in [1.29, 1.82) is 0 Å². The molecule has 1 aromatic heterocycles. The molecule has 1 aromatic carbocycles. The number of rotatable bonds is 2. The lowest BCUT2D eigenvalue weighted by atomic mass is 9.99. The first-order valence-corrected chi connectivity index (χ1v) is 6.44. The molecule has 0 radical (unpaired) electrons. The topological polar surface area (TPSA) is 68.0 Å². The van der Waals surface area contributed by atoms with Crippen molar-refractivity contribution in [3.63, 3.8) is 0 Å². The van der Waals surface area contributed by atoms with E-state index in [-0.39, 0.29) is 5.92 Å². The van der Waals surface area contributed by atoms with E-state index in [1.807, 2.05) is 16.7 Å². The number of carbonyl (C=O) groups is 1. The van der Waals surface area contributed by atoms with Crippen molar-refractivity contribution in [2.75, 3.05) is 0 Å². The molecule has 19 heavy (non-hydrogen) atoms. The maximum atomic E-state index is 11.1. The van der Waals surface area contributed by atoms with Crippen LogP contribution in [0.25, 0.3) is 11.4 Å². The summed E-state index contributed by atoms with van der Waals surface area (Å²) in [6, 6.07) is 7.31. The summed E-state index contributed by atoms with van der Waals surface area (Å²) in [6.45, 7) is 0.426. The molecule has 0 bridgehead atoms. The van der Waals surface area contributed by atoms with Gasteiger partial charge in [-0.2, -0.15) is 0 Å². The highest BCUT2D eigenvalue weighted by molar-refractivity contribution is 6.30. The van der Waals surface area contributed by atoms with Crippen LogP contribution in [0.2, 0.25) is 5.02 Å². The fraction of sp³-hybridized carbons (Fsp3) is 0.308. The zero-order valence-electron chi connectivity index (χ0n) is 10.1. The highest BCUT2D eigenvalue weighted by Gasteiger charge is 2.27. The third-order valence-corrected chi connectivity index (χ3v) is 3.65. The van der Waals surface area contributed by atoms with Crippen LogP contribution in [0, 0.1) is 5.92 Å². The van der Waals surface area contributed by atoms with Crippen molar-refractivity contribution in [3.8, 4) is 11.4 Å². The molecule has 1 N–H and O–H groups in total. The van der Waals surface area contributed by atoms with Gasteiger partial charge in [0.25, 0.3) is 0 Å². The summed E-state index contributed by atoms with van der Waals surface area (Å²) < 4.78 is 1.89. The molecule has 1 atom stereocenters. The maximum absolute atomic E-state index is 11.1. The molecule has 1 aliphatic rings. The van der Waals surface area contributed by atoms with E-state index in [1.54, 1.807) is 12.1 Å². The summed E-state index contributed by atoms with van der Waals surface area (Å²) >= 11 is 5.86. The van der Waals surface area contributed by atoms with Crippen LogP contribution in [0.15, 0.2) is 24.3 Å². The number of benzene rings is 1. The molecule has 0 fully saturated rings. The summed E-state index contributed by atoms with van der Waals surface area (Å²) in [6.07, 6.45) is 1.27. The zero-order valence-corrected chi connectivity index (χ0v) is 10.8. The zero-order chi connectivity index (χ0) is 13.4. The molecule has 1 aliphatic heterocycles. The van der Waals surface area contributed by atoms with Crippen LogP contribution in [0.5, 0.6) is 0 Å². The van der Waals surface area contributed by atoms with Crippen LogP contribution in [0.3, 0.4) is 0 Å². The Morgan fingerprint density at radius 1 is 1.32 bits per heavy atom. The van der Waals surface area contributed by atoms with Gasteiger partial charge in [-0.1, -0.05) is 11.6 Å². The van der Waals surface area contributed by atoms with Crippen LogP contribution < -0.4 is 0 Å². The predicted molar refractivity (Wildman–Crippen MR) is 69.9 cm³/mol. The van der Waals surface area contributed by atoms with Crippen LogP contribution in [0.1, 0.15) is 12.2 Å². The predicted octanol–water partition coefficient (Wildman–Crippen LogP) is 2.25. The van der Waals surface area contributed by atoms with Gasteiger partial charge >= 0.3 is 5.97 Å². The van der Waals surface area contributed by atoms with Crippen molar-refractivity contribution in [2.24, 2.45) is 5.92 Å². The third-order valence-electron chi connectivity index (χ3n) is 3.40. The van der Waals surface area contributed by atoms with Gasteiger partial charge < -0.3 is 9.67 Å². The number of aromatic nitrogens is 3. The minimum absolute atomic E-state index is 0.366. The van der Waals surface area contributed by atoms with Crippen LogP contribution in [-0.2, 0) is 17.8 Å². The monoisotopic (exact) mass is 277 g/mol. The molecule has 0 amide bonds. The van der Waals surface area contributed by atoms with Gasteiger partial charge in [-0.05, 0) is 30.7 Å². The Balaban J connectivity index is 1.99. The fourth-order valence-corrected chi connectivity index (χ4v) is 2.47. The Morgan fingerprint density at radius 3 is 2.74 bits per heavy atom. The van der Waals surface area contributed by atoms with Gasteiger partial charge in [0, 0.05) is 23.6 Å². The molecular formula is C13H12ClN3O2. The first kappa shape index (κ1) is 12.2. The van der Waals surface area contributed by atoms with Crippen molar-refractivity contribution in [1.82, 2.24) is 14.8 Å². The van der Waals surface area contributed by atoms with Crippen molar-refractivity contribution in [2.45, 2.75) is 19.4 Å². The highest BCUT2D eigenvalue weighted by Crippen LogP contribution is 2.26. The van der Waals surface area contributed by atoms with Gasteiger partial charge in [-0.15, -0.1) is 10.2 Å². The Morgan fingerprint density at radius 2 is 2.05 bits per heavy atom. The SMILES string of the molecule is O=C(O)C1CCc2nnc(-c3ccc(Cl)cc3)n2C1. The summed E-state index contributed by atoms with van der Waals surface area (Å²) in [7, 11) is 0. The Kier molecular flexibility index (Phi) is 2.98. The number of hydrogen-bond donors (Lipinski definition) is 1. The molecule has 98 valence electrons. The van der Waals surface area contributed by atoms with Crippen molar-refractivity contribution >= 4 is 17.6 Å². The standard InChI is InChI=1S/C13H12ClN3O2/c14-10-4-1-8(2-5-10)12-16-15-11-6-3-9(13(18)19)7-17(11)12/h1-2,4-5,9H,3,6-7H2,(H,18,19).